The Kier molecular flexibility index (Phi) is 5.86. The van der Waals surface area contributed by atoms with Crippen molar-refractivity contribution in [2.24, 2.45) is 0 Å². The van der Waals surface area contributed by atoms with E-state index in [1.807, 2.05) is 12.3 Å². The first-order valence-corrected chi connectivity index (χ1v) is 10.6. The van der Waals surface area contributed by atoms with Gasteiger partial charge in [-0.1, -0.05) is 13.0 Å². The molecule has 0 aliphatic carbocycles. The summed E-state index contributed by atoms with van der Waals surface area (Å²) in [7, 11) is 0. The van der Waals surface area contributed by atoms with Gasteiger partial charge in [0.1, 0.15) is 18.0 Å². The van der Waals surface area contributed by atoms with Gasteiger partial charge in [0.25, 0.3) is 5.79 Å². The van der Waals surface area contributed by atoms with Crippen molar-refractivity contribution in [2.75, 3.05) is 6.61 Å². The highest BCUT2D eigenvalue weighted by Gasteiger charge is 2.57. The molecule has 0 saturated carbocycles. The van der Waals surface area contributed by atoms with Gasteiger partial charge in [0.05, 0.1) is 6.61 Å². The molecule has 5 atom stereocenters. The Labute approximate surface area is 176 Å². The Balaban J connectivity index is 1.68. The number of rotatable bonds is 6. The lowest BCUT2D eigenvalue weighted by atomic mass is 9.95. The molecule has 8 nitrogen and oxygen atoms in total. The number of H-pyrrole nitrogens is 1. The lowest BCUT2D eigenvalue weighted by Gasteiger charge is -2.45. The number of benzene rings is 1. The smallest absolute Gasteiger partial charge is 0.288 e. The number of nitrogens with one attached hydrogen (secondary N) is 1. The van der Waals surface area contributed by atoms with Crippen LogP contribution in [0.2, 0.25) is 0 Å². The third-order valence-electron chi connectivity index (χ3n) is 5.42. The third-order valence-corrected chi connectivity index (χ3v) is 6.65. The molecule has 3 aromatic rings. The number of aromatic amines is 1. The number of aliphatic hydroxyl groups excluding tert-OH is 4. The Morgan fingerprint density at radius 2 is 1.93 bits per heavy atom. The molecule has 9 heteroatoms. The Bertz CT molecular complexity index is 1020. The van der Waals surface area contributed by atoms with Gasteiger partial charge in [-0.2, -0.15) is 0 Å². The number of aryl methyl sites for hydroxylation is 1. The average molecular weight is 435 g/mol. The summed E-state index contributed by atoms with van der Waals surface area (Å²) in [6.45, 7) is 1.47. The van der Waals surface area contributed by atoms with Crippen molar-refractivity contribution < 1.29 is 35.0 Å². The van der Waals surface area contributed by atoms with Crippen molar-refractivity contribution in [3.8, 4) is 5.75 Å². The van der Waals surface area contributed by atoms with Crippen LogP contribution in [-0.4, -0.2) is 67.5 Å². The minimum Gasteiger partial charge on any atom is -0.454 e. The van der Waals surface area contributed by atoms with E-state index in [2.05, 4.69) is 24.0 Å². The zero-order valence-corrected chi connectivity index (χ0v) is 17.2. The predicted molar refractivity (Wildman–Crippen MR) is 110 cm³/mol. The van der Waals surface area contributed by atoms with E-state index in [1.165, 1.54) is 9.75 Å². The van der Waals surface area contributed by atoms with E-state index in [1.54, 1.807) is 23.5 Å². The molecule has 0 unspecified atom stereocenters. The Morgan fingerprint density at radius 1 is 1.17 bits per heavy atom. The first-order valence-electron chi connectivity index (χ1n) is 9.75. The summed E-state index contributed by atoms with van der Waals surface area (Å²) in [4.78, 5) is 5.63. The van der Waals surface area contributed by atoms with Crippen molar-refractivity contribution in [2.45, 2.75) is 50.2 Å². The van der Waals surface area contributed by atoms with Crippen LogP contribution in [0, 0.1) is 0 Å². The summed E-state index contributed by atoms with van der Waals surface area (Å²) in [6, 6.07) is 9.33. The molecule has 1 aliphatic heterocycles. The summed E-state index contributed by atoms with van der Waals surface area (Å²) < 4.78 is 10.7. The van der Waals surface area contributed by atoms with Crippen LogP contribution >= 0.6 is 11.3 Å². The van der Waals surface area contributed by atoms with Crippen molar-refractivity contribution in [1.82, 2.24) is 4.98 Å². The quantitative estimate of drug-likeness (QED) is 0.316. The highest BCUT2D eigenvalue weighted by Crippen LogP contribution is 2.37. The van der Waals surface area contributed by atoms with Gasteiger partial charge < -0.3 is 40.0 Å². The maximum atomic E-state index is 10.9. The highest BCUT2D eigenvalue weighted by atomic mass is 32.1. The third kappa shape index (κ3) is 3.63. The molecule has 1 aromatic carbocycles. The fourth-order valence-electron chi connectivity index (χ4n) is 3.71. The molecule has 6 N–H and O–H groups in total. The van der Waals surface area contributed by atoms with Gasteiger partial charge >= 0.3 is 0 Å². The highest BCUT2D eigenvalue weighted by molar-refractivity contribution is 7.12. The predicted octanol–water partition coefficient (Wildman–Crippen LogP) is 0.881. The molecular weight excluding hydrogens is 410 g/mol. The van der Waals surface area contributed by atoms with E-state index in [0.717, 1.165) is 17.5 Å². The molecule has 1 aliphatic rings. The summed E-state index contributed by atoms with van der Waals surface area (Å²) >= 11 is 1.72. The summed E-state index contributed by atoms with van der Waals surface area (Å²) in [5.41, 5.74) is 1.68. The fourth-order valence-corrected chi connectivity index (χ4v) is 4.70. The second-order valence-electron chi connectivity index (χ2n) is 7.39. The maximum absolute atomic E-state index is 10.9. The van der Waals surface area contributed by atoms with Gasteiger partial charge in [-0.3, -0.25) is 0 Å². The number of aromatic nitrogens is 1. The molecule has 2 aromatic heterocycles. The molecule has 1 saturated heterocycles. The van der Waals surface area contributed by atoms with Gasteiger partial charge in [0.2, 0.25) is 6.29 Å². The molecular formula is C21H25NO7S. The number of hydrogen-bond donors (Lipinski definition) is 6. The largest absolute Gasteiger partial charge is 0.454 e. The molecule has 4 rings (SSSR count). The fraction of sp³-hybridized carbons (Fsp3) is 0.429. The van der Waals surface area contributed by atoms with E-state index < -0.39 is 37.0 Å². The molecule has 162 valence electrons. The normalized spacial score (nSPS) is 29.4. The number of thiophene rings is 1. The van der Waals surface area contributed by atoms with Gasteiger partial charge in [0.15, 0.2) is 6.10 Å². The van der Waals surface area contributed by atoms with E-state index >= 15 is 0 Å². The minimum absolute atomic E-state index is 0.217. The van der Waals surface area contributed by atoms with Gasteiger partial charge in [0, 0.05) is 33.3 Å². The van der Waals surface area contributed by atoms with Crippen LogP contribution in [0.3, 0.4) is 0 Å². The maximum Gasteiger partial charge on any atom is 0.288 e. The van der Waals surface area contributed by atoms with Crippen molar-refractivity contribution >= 4 is 22.2 Å². The molecule has 0 amide bonds. The van der Waals surface area contributed by atoms with E-state index in [9.17, 15) is 25.5 Å². The zero-order valence-electron chi connectivity index (χ0n) is 16.4. The van der Waals surface area contributed by atoms with E-state index in [4.69, 9.17) is 9.47 Å². The van der Waals surface area contributed by atoms with Crippen LogP contribution in [0.5, 0.6) is 5.75 Å². The van der Waals surface area contributed by atoms with Crippen LogP contribution < -0.4 is 4.74 Å². The molecule has 0 spiro atoms. The van der Waals surface area contributed by atoms with Gasteiger partial charge in [-0.25, -0.2) is 0 Å². The number of hydrogen-bond acceptors (Lipinski definition) is 8. The standard InChI is InChI=1S/C21H25NO7S/c1-2-12-6-7-13(30-12)8-11-9-22-14-4-3-5-15(17(11)14)29-21(27)19(25)18(24)16(10-23)28-20(21)26/h3-7,9,16,18-20,22-27H,2,8,10H2,1H3/t16-,18-,19+,20+,21+/m1/s1. The van der Waals surface area contributed by atoms with Crippen molar-refractivity contribution in [3.63, 3.8) is 0 Å². The van der Waals surface area contributed by atoms with E-state index in [-0.39, 0.29) is 5.75 Å². The summed E-state index contributed by atoms with van der Waals surface area (Å²) in [5.74, 6) is -2.40. The first-order chi connectivity index (χ1) is 14.4. The van der Waals surface area contributed by atoms with Crippen LogP contribution in [0.15, 0.2) is 36.5 Å². The van der Waals surface area contributed by atoms with Crippen LogP contribution in [0.25, 0.3) is 10.9 Å². The second-order valence-corrected chi connectivity index (χ2v) is 8.64. The number of ether oxygens (including phenoxy) is 2. The average Bonchev–Trinajstić information content (AvgIpc) is 3.37. The van der Waals surface area contributed by atoms with Gasteiger partial charge in [-0.05, 0) is 36.2 Å². The monoisotopic (exact) mass is 435 g/mol. The molecule has 0 radical (unpaired) electrons. The molecule has 0 bridgehead atoms. The lowest BCUT2D eigenvalue weighted by Crippen LogP contribution is -2.69. The molecule has 30 heavy (non-hydrogen) atoms. The van der Waals surface area contributed by atoms with Crippen molar-refractivity contribution in [1.29, 1.82) is 0 Å². The van der Waals surface area contributed by atoms with Crippen LogP contribution in [-0.2, 0) is 17.6 Å². The lowest BCUT2D eigenvalue weighted by molar-refractivity contribution is -0.385. The SMILES string of the molecule is CCc1ccc(Cc2c[nH]c3cccc(O[C@]4(O)[C@@H](O)O[C@H](CO)[C@@H](O)[C@@H]4O)c23)s1. The summed E-state index contributed by atoms with van der Waals surface area (Å²) in [6.07, 6.45) is -3.31. The Morgan fingerprint density at radius 3 is 2.63 bits per heavy atom. The topological polar surface area (TPSA) is 135 Å². The number of fused-ring (bicyclic) bond motifs is 1. The summed E-state index contributed by atoms with van der Waals surface area (Å²) in [5, 5.41) is 51.6. The molecule has 1 fully saturated rings. The Hall–Kier alpha value is -1.98. The van der Waals surface area contributed by atoms with Crippen LogP contribution in [0.1, 0.15) is 22.2 Å². The second kappa shape index (κ2) is 8.27. The molecule has 3 heterocycles. The zero-order chi connectivity index (χ0) is 21.5. The van der Waals surface area contributed by atoms with E-state index in [0.29, 0.717) is 11.8 Å². The van der Waals surface area contributed by atoms with Crippen molar-refractivity contribution in [3.05, 3.63) is 51.8 Å². The minimum atomic E-state index is -2.62. The first kappa shape index (κ1) is 21.3. The number of aliphatic hydroxyl groups is 5. The van der Waals surface area contributed by atoms with Gasteiger partial charge in [-0.15, -0.1) is 11.3 Å². The van der Waals surface area contributed by atoms with Crippen LogP contribution in [0.4, 0.5) is 0 Å².